The van der Waals surface area contributed by atoms with Gasteiger partial charge in [0.15, 0.2) is 0 Å². The lowest BCUT2D eigenvalue weighted by atomic mass is 9.90. The highest BCUT2D eigenvalue weighted by Crippen LogP contribution is 2.27. The Hall–Kier alpha value is -2.53. The molecule has 0 aromatic heterocycles. The Morgan fingerprint density at radius 2 is 1.60 bits per heavy atom. The molecule has 0 saturated heterocycles. The van der Waals surface area contributed by atoms with E-state index in [9.17, 15) is 9.59 Å². The predicted octanol–water partition coefficient (Wildman–Crippen LogP) is 4.34. The highest BCUT2D eigenvalue weighted by atomic mass is 35.5. The maximum Gasteiger partial charge on any atom is 0.239 e. The molecule has 2 aromatic rings. The predicted molar refractivity (Wildman–Crippen MR) is 100 cm³/mol. The van der Waals surface area contributed by atoms with Gasteiger partial charge < -0.3 is 15.4 Å². The summed E-state index contributed by atoms with van der Waals surface area (Å²) >= 11 is 5.83. The Labute approximate surface area is 152 Å². The van der Waals surface area contributed by atoms with Crippen molar-refractivity contribution < 1.29 is 14.3 Å². The summed E-state index contributed by atoms with van der Waals surface area (Å²) in [5.74, 6) is -0.278. The van der Waals surface area contributed by atoms with Gasteiger partial charge in [0, 0.05) is 10.7 Å². The zero-order valence-electron chi connectivity index (χ0n) is 14.4. The maximum atomic E-state index is 12.6. The number of hydrogen-bond donors (Lipinski definition) is 2. The molecule has 2 aromatic carbocycles. The zero-order chi connectivity index (χ0) is 18.4. The van der Waals surface area contributed by atoms with E-state index in [1.165, 1.54) is 0 Å². The first kappa shape index (κ1) is 18.8. The van der Waals surface area contributed by atoms with E-state index in [2.05, 4.69) is 10.6 Å². The monoisotopic (exact) mass is 360 g/mol. The summed E-state index contributed by atoms with van der Waals surface area (Å²) in [6, 6.07) is 13.8. The van der Waals surface area contributed by atoms with Crippen LogP contribution in [0.2, 0.25) is 5.02 Å². The molecule has 0 aliphatic rings. The van der Waals surface area contributed by atoms with Crippen molar-refractivity contribution in [3.8, 4) is 5.75 Å². The van der Waals surface area contributed by atoms with Gasteiger partial charge in [-0.3, -0.25) is 9.59 Å². The normalized spacial score (nSPS) is 10.9. The summed E-state index contributed by atoms with van der Waals surface area (Å²) in [5, 5.41) is 6.06. The summed E-state index contributed by atoms with van der Waals surface area (Å²) in [4.78, 5) is 25.2. The molecule has 132 valence electrons. The Morgan fingerprint density at radius 1 is 1.00 bits per heavy atom. The van der Waals surface area contributed by atoms with Gasteiger partial charge in [-0.15, -0.1) is 0 Å². The summed E-state index contributed by atoms with van der Waals surface area (Å²) in [5.41, 5.74) is -0.175. The molecule has 0 saturated carbocycles. The lowest BCUT2D eigenvalue weighted by molar-refractivity contribution is -0.135. The number of halogens is 1. The second-order valence-electron chi connectivity index (χ2n) is 5.97. The van der Waals surface area contributed by atoms with Crippen LogP contribution in [0.3, 0.4) is 0 Å². The van der Waals surface area contributed by atoms with E-state index in [1.807, 2.05) is 13.0 Å². The first-order valence-corrected chi connectivity index (χ1v) is 8.32. The van der Waals surface area contributed by atoms with Gasteiger partial charge in [0.2, 0.25) is 11.8 Å². The molecule has 0 atom stereocenters. The van der Waals surface area contributed by atoms with Gasteiger partial charge in [-0.25, -0.2) is 0 Å². The molecule has 2 amide bonds. The number of para-hydroxylation sites is 2. The molecule has 2 rings (SSSR count). The van der Waals surface area contributed by atoms with Crippen LogP contribution < -0.4 is 15.4 Å². The third-order valence-electron chi connectivity index (χ3n) is 3.67. The van der Waals surface area contributed by atoms with Crippen molar-refractivity contribution in [1.82, 2.24) is 0 Å². The minimum Gasteiger partial charge on any atom is -0.492 e. The van der Waals surface area contributed by atoms with Crippen LogP contribution in [0.1, 0.15) is 20.8 Å². The molecular weight excluding hydrogens is 340 g/mol. The van der Waals surface area contributed by atoms with Crippen LogP contribution >= 0.6 is 11.6 Å². The molecule has 0 fully saturated rings. The molecule has 25 heavy (non-hydrogen) atoms. The van der Waals surface area contributed by atoms with Crippen LogP contribution in [0.25, 0.3) is 0 Å². The standard InChI is InChI=1S/C19H21ClN2O3/c1-4-25-16-8-6-5-7-15(16)22-18(24)19(2,3)17(23)21-14-11-9-13(20)10-12-14/h5-12H,4H2,1-3H3,(H,21,23)(H,22,24). The van der Waals surface area contributed by atoms with Crippen LogP contribution in [0.15, 0.2) is 48.5 Å². The molecule has 0 aliphatic heterocycles. The lowest BCUT2D eigenvalue weighted by Crippen LogP contribution is -2.41. The summed E-state index contributed by atoms with van der Waals surface area (Å²) in [6.07, 6.45) is 0. The van der Waals surface area contributed by atoms with Crippen molar-refractivity contribution in [1.29, 1.82) is 0 Å². The molecular formula is C19H21ClN2O3. The largest absolute Gasteiger partial charge is 0.492 e. The first-order valence-electron chi connectivity index (χ1n) is 7.95. The lowest BCUT2D eigenvalue weighted by Gasteiger charge is -2.23. The average Bonchev–Trinajstić information content (AvgIpc) is 2.58. The van der Waals surface area contributed by atoms with Gasteiger partial charge in [-0.05, 0) is 57.2 Å². The highest BCUT2D eigenvalue weighted by molar-refractivity contribution is 6.30. The third-order valence-corrected chi connectivity index (χ3v) is 3.92. The van der Waals surface area contributed by atoms with Gasteiger partial charge in [0.25, 0.3) is 0 Å². The zero-order valence-corrected chi connectivity index (χ0v) is 15.2. The van der Waals surface area contributed by atoms with Crippen LogP contribution in [-0.4, -0.2) is 18.4 Å². The van der Waals surface area contributed by atoms with E-state index < -0.39 is 17.2 Å². The molecule has 0 radical (unpaired) electrons. The minimum atomic E-state index is -1.28. The first-order chi connectivity index (χ1) is 11.8. The van der Waals surface area contributed by atoms with Crippen molar-refractivity contribution >= 4 is 34.8 Å². The number of ether oxygens (including phenoxy) is 1. The quantitative estimate of drug-likeness (QED) is 0.753. The number of rotatable bonds is 6. The number of anilines is 2. The van der Waals surface area contributed by atoms with Gasteiger partial charge in [-0.1, -0.05) is 23.7 Å². The summed E-state index contributed by atoms with van der Waals surface area (Å²) in [6.45, 7) is 5.48. The second kappa shape index (κ2) is 8.03. The van der Waals surface area contributed by atoms with Crippen molar-refractivity contribution in [2.45, 2.75) is 20.8 Å². The van der Waals surface area contributed by atoms with E-state index in [1.54, 1.807) is 56.3 Å². The molecule has 6 heteroatoms. The Kier molecular flexibility index (Phi) is 6.04. The Bertz CT molecular complexity index is 758. The SMILES string of the molecule is CCOc1ccccc1NC(=O)C(C)(C)C(=O)Nc1ccc(Cl)cc1. The number of nitrogens with one attached hydrogen (secondary N) is 2. The molecule has 0 spiro atoms. The fourth-order valence-corrected chi connectivity index (χ4v) is 2.18. The van der Waals surface area contributed by atoms with Gasteiger partial charge in [0.1, 0.15) is 11.2 Å². The van der Waals surface area contributed by atoms with E-state index in [4.69, 9.17) is 16.3 Å². The molecule has 2 N–H and O–H groups in total. The number of carbonyl (C=O) groups excluding carboxylic acids is 2. The van der Waals surface area contributed by atoms with E-state index in [0.29, 0.717) is 28.8 Å². The number of carbonyl (C=O) groups is 2. The average molecular weight is 361 g/mol. The Balaban J connectivity index is 2.11. The van der Waals surface area contributed by atoms with Crippen molar-refractivity contribution in [2.24, 2.45) is 5.41 Å². The second-order valence-corrected chi connectivity index (χ2v) is 6.41. The van der Waals surface area contributed by atoms with Gasteiger partial charge in [0.05, 0.1) is 12.3 Å². The number of benzene rings is 2. The smallest absolute Gasteiger partial charge is 0.239 e. The van der Waals surface area contributed by atoms with Crippen molar-refractivity contribution in [3.63, 3.8) is 0 Å². The fraction of sp³-hybridized carbons (Fsp3) is 0.263. The Morgan fingerprint density at radius 3 is 2.24 bits per heavy atom. The van der Waals surface area contributed by atoms with Crippen molar-refractivity contribution in [3.05, 3.63) is 53.6 Å². The molecule has 0 heterocycles. The molecule has 0 aliphatic carbocycles. The van der Waals surface area contributed by atoms with E-state index >= 15 is 0 Å². The summed E-state index contributed by atoms with van der Waals surface area (Å²) in [7, 11) is 0. The summed E-state index contributed by atoms with van der Waals surface area (Å²) < 4.78 is 5.49. The molecule has 5 nitrogen and oxygen atoms in total. The molecule has 0 bridgehead atoms. The fourth-order valence-electron chi connectivity index (χ4n) is 2.05. The van der Waals surface area contributed by atoms with E-state index in [-0.39, 0.29) is 0 Å². The van der Waals surface area contributed by atoms with Gasteiger partial charge >= 0.3 is 0 Å². The van der Waals surface area contributed by atoms with E-state index in [0.717, 1.165) is 0 Å². The maximum absolute atomic E-state index is 12.6. The van der Waals surface area contributed by atoms with Crippen LogP contribution in [0.4, 0.5) is 11.4 Å². The highest BCUT2D eigenvalue weighted by Gasteiger charge is 2.36. The van der Waals surface area contributed by atoms with Gasteiger partial charge in [-0.2, -0.15) is 0 Å². The van der Waals surface area contributed by atoms with Crippen molar-refractivity contribution in [2.75, 3.05) is 17.2 Å². The topological polar surface area (TPSA) is 67.4 Å². The molecule has 0 unspecified atom stereocenters. The van der Waals surface area contributed by atoms with Crippen LogP contribution in [0, 0.1) is 5.41 Å². The third kappa shape index (κ3) is 4.73. The van der Waals surface area contributed by atoms with Crippen LogP contribution in [0.5, 0.6) is 5.75 Å². The number of amides is 2. The number of hydrogen-bond acceptors (Lipinski definition) is 3. The minimum absolute atomic E-state index is 0.416. The van der Waals surface area contributed by atoms with Crippen LogP contribution in [-0.2, 0) is 9.59 Å².